The van der Waals surface area contributed by atoms with E-state index in [-0.39, 0.29) is 6.42 Å². The minimum absolute atomic E-state index is 0.125. The predicted molar refractivity (Wildman–Crippen MR) is 102 cm³/mol. The van der Waals surface area contributed by atoms with Crippen LogP contribution in [0.2, 0.25) is 15.1 Å². The van der Waals surface area contributed by atoms with Gasteiger partial charge in [0.15, 0.2) is 0 Å². The number of para-hydroxylation sites is 1. The molecule has 0 saturated carbocycles. The third-order valence-corrected chi connectivity index (χ3v) is 4.83. The van der Waals surface area contributed by atoms with Gasteiger partial charge in [0, 0.05) is 27.7 Å². The fourth-order valence-electron chi connectivity index (χ4n) is 2.83. The summed E-state index contributed by atoms with van der Waals surface area (Å²) in [7, 11) is 0. The number of carbonyl (C=O) groups is 2. The van der Waals surface area contributed by atoms with Crippen LogP contribution in [0.3, 0.4) is 0 Å². The normalized spacial score (nSPS) is 18.4. The first-order valence-electron chi connectivity index (χ1n) is 7.65. The molecule has 6 nitrogen and oxygen atoms in total. The van der Waals surface area contributed by atoms with Gasteiger partial charge in [-0.3, -0.25) is 0 Å². The number of aliphatic carboxylic acids is 1. The van der Waals surface area contributed by atoms with Crippen molar-refractivity contribution in [2.75, 3.05) is 10.6 Å². The Kier molecular flexibility index (Phi) is 5.46. The molecule has 9 heteroatoms. The van der Waals surface area contributed by atoms with Gasteiger partial charge in [-0.15, -0.1) is 0 Å². The maximum Gasteiger partial charge on any atom is 0.326 e. The molecule has 3 rings (SSSR count). The Morgan fingerprint density at radius 1 is 1.12 bits per heavy atom. The number of rotatable bonds is 3. The van der Waals surface area contributed by atoms with E-state index in [1.54, 1.807) is 36.4 Å². The van der Waals surface area contributed by atoms with Gasteiger partial charge < -0.3 is 21.1 Å². The first-order chi connectivity index (χ1) is 12.3. The van der Waals surface area contributed by atoms with Gasteiger partial charge in [-0.25, -0.2) is 9.59 Å². The maximum absolute atomic E-state index is 12.4. The second kappa shape index (κ2) is 7.61. The summed E-state index contributed by atoms with van der Waals surface area (Å²) in [5.41, 5.74) is 1.50. The summed E-state index contributed by atoms with van der Waals surface area (Å²) in [6.07, 6.45) is 0.125. The molecular weight excluding hydrogens is 401 g/mol. The summed E-state index contributed by atoms with van der Waals surface area (Å²) in [5, 5.41) is 18.7. The van der Waals surface area contributed by atoms with Crippen molar-refractivity contribution in [3.63, 3.8) is 0 Å². The van der Waals surface area contributed by atoms with E-state index in [4.69, 9.17) is 34.8 Å². The Balaban J connectivity index is 1.85. The van der Waals surface area contributed by atoms with Gasteiger partial charge >= 0.3 is 12.0 Å². The van der Waals surface area contributed by atoms with Crippen LogP contribution in [0, 0.1) is 0 Å². The van der Waals surface area contributed by atoms with E-state index in [2.05, 4.69) is 16.0 Å². The molecular formula is C17H14Cl3N3O3. The van der Waals surface area contributed by atoms with Crippen LogP contribution in [0.5, 0.6) is 0 Å². The number of benzene rings is 2. The number of hydrogen-bond acceptors (Lipinski definition) is 3. The van der Waals surface area contributed by atoms with E-state index in [9.17, 15) is 14.7 Å². The van der Waals surface area contributed by atoms with Crippen molar-refractivity contribution in [1.82, 2.24) is 5.32 Å². The third-order valence-electron chi connectivity index (χ3n) is 3.97. The molecule has 2 atom stereocenters. The van der Waals surface area contributed by atoms with Crippen LogP contribution >= 0.6 is 34.8 Å². The van der Waals surface area contributed by atoms with Gasteiger partial charge in [0.05, 0.1) is 16.8 Å². The molecule has 1 heterocycles. The van der Waals surface area contributed by atoms with E-state index in [0.29, 0.717) is 32.0 Å². The first kappa shape index (κ1) is 18.6. The smallest absolute Gasteiger partial charge is 0.326 e. The number of hydrogen-bond donors (Lipinski definition) is 4. The molecule has 0 bridgehead atoms. The Bertz CT molecular complexity index is 876. The molecule has 4 N–H and O–H groups in total. The fraction of sp³-hybridized carbons (Fsp3) is 0.176. The molecule has 136 valence electrons. The number of fused-ring (bicyclic) bond motifs is 1. The van der Waals surface area contributed by atoms with Gasteiger partial charge in [-0.1, -0.05) is 46.9 Å². The van der Waals surface area contributed by atoms with Crippen LogP contribution in [0.1, 0.15) is 18.0 Å². The second-order valence-electron chi connectivity index (χ2n) is 5.75. The average Bonchev–Trinajstić information content (AvgIpc) is 2.55. The Hall–Kier alpha value is -2.15. The summed E-state index contributed by atoms with van der Waals surface area (Å²) in [6.45, 7) is 0. The van der Waals surface area contributed by atoms with Crippen LogP contribution in [-0.4, -0.2) is 23.1 Å². The molecule has 0 unspecified atom stereocenters. The summed E-state index contributed by atoms with van der Waals surface area (Å²) in [6, 6.07) is 7.90. The molecule has 26 heavy (non-hydrogen) atoms. The lowest BCUT2D eigenvalue weighted by atomic mass is 9.93. The van der Waals surface area contributed by atoms with Crippen molar-refractivity contribution in [3.05, 3.63) is 57.0 Å². The summed E-state index contributed by atoms with van der Waals surface area (Å²) in [5.74, 6) is -1.04. The van der Waals surface area contributed by atoms with E-state index < -0.39 is 24.1 Å². The van der Waals surface area contributed by atoms with Gasteiger partial charge in [0.1, 0.15) is 6.04 Å². The average molecular weight is 415 g/mol. The Morgan fingerprint density at radius 3 is 2.54 bits per heavy atom. The van der Waals surface area contributed by atoms with Crippen molar-refractivity contribution in [3.8, 4) is 0 Å². The van der Waals surface area contributed by atoms with Gasteiger partial charge in [0.25, 0.3) is 0 Å². The maximum atomic E-state index is 12.4. The van der Waals surface area contributed by atoms with Crippen molar-refractivity contribution < 1.29 is 14.7 Å². The van der Waals surface area contributed by atoms with Crippen LogP contribution in [0.15, 0.2) is 36.4 Å². The third kappa shape index (κ3) is 3.98. The summed E-state index contributed by atoms with van der Waals surface area (Å²) >= 11 is 18.3. The molecule has 0 radical (unpaired) electrons. The number of halogens is 3. The highest BCUT2D eigenvalue weighted by atomic mass is 35.5. The lowest BCUT2D eigenvalue weighted by molar-refractivity contribution is -0.138. The molecule has 0 aromatic heterocycles. The van der Waals surface area contributed by atoms with Crippen molar-refractivity contribution in [2.45, 2.75) is 18.5 Å². The van der Waals surface area contributed by atoms with Crippen LogP contribution in [0.4, 0.5) is 16.2 Å². The Morgan fingerprint density at radius 2 is 1.85 bits per heavy atom. The van der Waals surface area contributed by atoms with Crippen LogP contribution < -0.4 is 16.0 Å². The van der Waals surface area contributed by atoms with Gasteiger partial charge in [-0.05, 0) is 24.3 Å². The van der Waals surface area contributed by atoms with Gasteiger partial charge in [0.2, 0.25) is 0 Å². The minimum Gasteiger partial charge on any atom is -0.480 e. The summed E-state index contributed by atoms with van der Waals surface area (Å²) in [4.78, 5) is 23.8. The second-order valence-corrected chi connectivity index (χ2v) is 7.00. The topological polar surface area (TPSA) is 90.5 Å². The fourth-order valence-corrected chi connectivity index (χ4v) is 3.64. The van der Waals surface area contributed by atoms with E-state index in [1.807, 2.05) is 0 Å². The lowest BCUT2D eigenvalue weighted by Crippen LogP contribution is -2.42. The van der Waals surface area contributed by atoms with Crippen molar-refractivity contribution in [2.24, 2.45) is 0 Å². The molecule has 1 aliphatic heterocycles. The molecule has 0 fully saturated rings. The number of carboxylic acid groups (broad SMARTS) is 1. The zero-order valence-electron chi connectivity index (χ0n) is 13.2. The van der Waals surface area contributed by atoms with E-state index in [0.717, 1.165) is 0 Å². The highest BCUT2D eigenvalue weighted by Crippen LogP contribution is 2.40. The number of amides is 2. The zero-order valence-corrected chi connectivity index (χ0v) is 15.5. The van der Waals surface area contributed by atoms with Crippen LogP contribution in [0.25, 0.3) is 0 Å². The Labute approximate surface area is 164 Å². The molecule has 1 aliphatic rings. The molecule has 2 aromatic rings. The van der Waals surface area contributed by atoms with Crippen molar-refractivity contribution >= 4 is 58.2 Å². The van der Waals surface area contributed by atoms with Gasteiger partial charge in [-0.2, -0.15) is 0 Å². The minimum atomic E-state index is -1.04. The van der Waals surface area contributed by atoms with Crippen LogP contribution in [-0.2, 0) is 4.79 Å². The van der Waals surface area contributed by atoms with E-state index in [1.165, 1.54) is 0 Å². The molecule has 2 aromatic carbocycles. The SMILES string of the molecule is O=C(Nc1ccccc1Cl)N[C@H]1C[C@H](C(=O)O)Nc2cc(Cl)cc(Cl)c21. The monoisotopic (exact) mass is 413 g/mol. The van der Waals surface area contributed by atoms with Crippen molar-refractivity contribution in [1.29, 1.82) is 0 Å². The molecule has 0 saturated heterocycles. The highest BCUT2D eigenvalue weighted by molar-refractivity contribution is 6.36. The quantitative estimate of drug-likeness (QED) is 0.582. The number of carbonyl (C=O) groups excluding carboxylic acids is 1. The molecule has 0 aliphatic carbocycles. The number of carboxylic acids is 1. The lowest BCUT2D eigenvalue weighted by Gasteiger charge is -2.32. The number of urea groups is 1. The highest BCUT2D eigenvalue weighted by Gasteiger charge is 2.33. The first-order valence-corrected chi connectivity index (χ1v) is 8.79. The number of nitrogens with one attached hydrogen (secondary N) is 3. The van der Waals surface area contributed by atoms with E-state index >= 15 is 0 Å². The predicted octanol–water partition coefficient (Wildman–Crippen LogP) is 4.78. The molecule has 2 amide bonds. The standard InChI is InChI=1S/C17H14Cl3N3O3/c18-8-5-10(20)15-12(6-8)21-14(16(24)25)7-13(15)23-17(26)22-11-4-2-1-3-9(11)19/h1-6,13-14,21H,7H2,(H,24,25)(H2,22,23,26)/t13-,14+/m0/s1. The largest absolute Gasteiger partial charge is 0.480 e. The summed E-state index contributed by atoms with van der Waals surface area (Å²) < 4.78 is 0. The number of anilines is 2. The zero-order chi connectivity index (χ0) is 18.8. The molecule has 0 spiro atoms.